The first-order chi connectivity index (χ1) is 8.99. The van der Waals surface area contributed by atoms with Gasteiger partial charge in [0.2, 0.25) is 0 Å². The zero-order valence-electron chi connectivity index (χ0n) is 10.7. The van der Waals surface area contributed by atoms with Crippen molar-refractivity contribution >= 4 is 27.9 Å². The van der Waals surface area contributed by atoms with Gasteiger partial charge >= 0.3 is 12.0 Å². The fraction of sp³-hybridized carbons (Fsp3) is 0.385. The quantitative estimate of drug-likeness (QED) is 0.788. The molecule has 1 aromatic carbocycles. The Balaban J connectivity index is 2.34. The number of nitrogens with zero attached hydrogens (tertiary/aromatic N) is 1. The Kier molecular flexibility index (Phi) is 6.35. The molecule has 0 aliphatic heterocycles. The zero-order chi connectivity index (χ0) is 14.3. The number of urea groups is 1. The number of halogens is 1. The molecule has 2 N–H and O–H groups in total. The van der Waals surface area contributed by atoms with Crippen molar-refractivity contribution in [3.05, 3.63) is 34.3 Å². The molecule has 0 aliphatic carbocycles. The zero-order valence-corrected chi connectivity index (χ0v) is 12.3. The number of benzene rings is 1. The minimum Gasteiger partial charge on any atom is -0.481 e. The summed E-state index contributed by atoms with van der Waals surface area (Å²) in [6, 6.07) is 7.53. The van der Waals surface area contributed by atoms with E-state index in [0.29, 0.717) is 19.5 Å². The number of amides is 2. The maximum Gasteiger partial charge on any atom is 0.317 e. The molecule has 0 aromatic heterocycles. The van der Waals surface area contributed by atoms with E-state index in [1.807, 2.05) is 24.3 Å². The number of hydrogen-bond donors (Lipinski definition) is 2. The molecule has 0 spiro atoms. The van der Waals surface area contributed by atoms with E-state index in [9.17, 15) is 9.59 Å². The van der Waals surface area contributed by atoms with Gasteiger partial charge in [-0.15, -0.1) is 0 Å². The Morgan fingerprint density at radius 2 is 2.16 bits per heavy atom. The number of carbonyl (C=O) groups excluding carboxylic acids is 1. The molecule has 1 aromatic rings. The Hall–Kier alpha value is -1.56. The van der Waals surface area contributed by atoms with E-state index in [0.717, 1.165) is 10.0 Å². The van der Waals surface area contributed by atoms with E-state index in [4.69, 9.17) is 5.11 Å². The molecule has 0 heterocycles. The van der Waals surface area contributed by atoms with Crippen LogP contribution >= 0.6 is 15.9 Å². The van der Waals surface area contributed by atoms with Crippen molar-refractivity contribution in [2.45, 2.75) is 19.4 Å². The molecule has 0 bridgehead atoms. The molecular formula is C13H17BrN2O3. The summed E-state index contributed by atoms with van der Waals surface area (Å²) in [4.78, 5) is 23.6. The van der Waals surface area contributed by atoms with Crippen molar-refractivity contribution in [2.24, 2.45) is 0 Å². The van der Waals surface area contributed by atoms with E-state index in [1.165, 1.54) is 0 Å². The maximum atomic E-state index is 11.7. The highest BCUT2D eigenvalue weighted by Crippen LogP contribution is 2.12. The molecule has 19 heavy (non-hydrogen) atoms. The molecule has 0 fully saturated rings. The molecule has 2 amide bonds. The van der Waals surface area contributed by atoms with Crippen LogP contribution < -0.4 is 5.32 Å². The summed E-state index contributed by atoms with van der Waals surface area (Å²) in [7, 11) is 1.70. The fourth-order valence-electron chi connectivity index (χ4n) is 1.55. The number of aliphatic carboxylic acids is 1. The van der Waals surface area contributed by atoms with Crippen LogP contribution in [0.25, 0.3) is 0 Å². The summed E-state index contributed by atoms with van der Waals surface area (Å²) in [5, 5.41) is 11.2. The van der Waals surface area contributed by atoms with Gasteiger partial charge in [0, 0.05) is 31.0 Å². The van der Waals surface area contributed by atoms with Gasteiger partial charge in [0.25, 0.3) is 0 Å². The summed E-state index contributed by atoms with van der Waals surface area (Å²) in [6.45, 7) is 0.873. The minimum absolute atomic E-state index is 0.0651. The Morgan fingerprint density at radius 1 is 1.42 bits per heavy atom. The van der Waals surface area contributed by atoms with Gasteiger partial charge in [0.1, 0.15) is 0 Å². The first-order valence-electron chi connectivity index (χ1n) is 5.94. The number of rotatable bonds is 6. The van der Waals surface area contributed by atoms with Crippen LogP contribution in [-0.4, -0.2) is 35.6 Å². The van der Waals surface area contributed by atoms with E-state index in [-0.39, 0.29) is 12.5 Å². The highest BCUT2D eigenvalue weighted by atomic mass is 79.9. The van der Waals surface area contributed by atoms with Gasteiger partial charge in [-0.2, -0.15) is 0 Å². The Morgan fingerprint density at radius 3 is 2.79 bits per heavy atom. The largest absolute Gasteiger partial charge is 0.481 e. The smallest absolute Gasteiger partial charge is 0.317 e. The van der Waals surface area contributed by atoms with Gasteiger partial charge in [0.05, 0.1) is 0 Å². The van der Waals surface area contributed by atoms with Crippen LogP contribution in [0.2, 0.25) is 0 Å². The van der Waals surface area contributed by atoms with Gasteiger partial charge in [-0.1, -0.05) is 28.1 Å². The molecule has 0 radical (unpaired) electrons. The third-order valence-electron chi connectivity index (χ3n) is 2.50. The first-order valence-corrected chi connectivity index (χ1v) is 6.73. The van der Waals surface area contributed by atoms with E-state index in [1.54, 1.807) is 11.9 Å². The third kappa shape index (κ3) is 6.24. The summed E-state index contributed by atoms with van der Waals surface area (Å²) >= 11 is 3.38. The van der Waals surface area contributed by atoms with Crippen LogP contribution in [0.3, 0.4) is 0 Å². The SMILES string of the molecule is CN(Cc1cccc(Br)c1)C(=O)NCCCC(=O)O. The Bertz CT molecular complexity index is 451. The van der Waals surface area contributed by atoms with Crippen LogP contribution in [0, 0.1) is 0 Å². The topological polar surface area (TPSA) is 69.6 Å². The van der Waals surface area contributed by atoms with Crippen molar-refractivity contribution in [1.29, 1.82) is 0 Å². The maximum absolute atomic E-state index is 11.7. The second-order valence-corrected chi connectivity index (χ2v) is 5.13. The van der Waals surface area contributed by atoms with Crippen molar-refractivity contribution in [2.75, 3.05) is 13.6 Å². The average molecular weight is 329 g/mol. The minimum atomic E-state index is -0.850. The van der Waals surface area contributed by atoms with Crippen LogP contribution in [0.4, 0.5) is 4.79 Å². The number of hydrogen-bond acceptors (Lipinski definition) is 2. The second-order valence-electron chi connectivity index (χ2n) is 4.22. The van der Waals surface area contributed by atoms with Crippen LogP contribution in [0.15, 0.2) is 28.7 Å². The molecule has 5 nitrogen and oxygen atoms in total. The van der Waals surface area contributed by atoms with E-state index < -0.39 is 5.97 Å². The highest BCUT2D eigenvalue weighted by Gasteiger charge is 2.08. The molecular weight excluding hydrogens is 312 g/mol. The monoisotopic (exact) mass is 328 g/mol. The normalized spacial score (nSPS) is 10.0. The molecule has 0 unspecified atom stereocenters. The van der Waals surface area contributed by atoms with Gasteiger partial charge in [-0.3, -0.25) is 4.79 Å². The summed E-state index contributed by atoms with van der Waals surface area (Å²) < 4.78 is 0.972. The average Bonchev–Trinajstić information content (AvgIpc) is 2.34. The molecule has 0 saturated heterocycles. The van der Waals surface area contributed by atoms with Gasteiger partial charge in [-0.05, 0) is 24.1 Å². The lowest BCUT2D eigenvalue weighted by atomic mass is 10.2. The second kappa shape index (κ2) is 7.78. The van der Waals surface area contributed by atoms with Crippen LogP contribution in [-0.2, 0) is 11.3 Å². The van der Waals surface area contributed by atoms with Gasteiger partial charge < -0.3 is 15.3 Å². The fourth-order valence-corrected chi connectivity index (χ4v) is 2.00. The summed E-state index contributed by atoms with van der Waals surface area (Å²) in [6.07, 6.45) is 0.501. The lowest BCUT2D eigenvalue weighted by Crippen LogP contribution is -2.37. The van der Waals surface area contributed by atoms with Crippen LogP contribution in [0.5, 0.6) is 0 Å². The molecule has 0 atom stereocenters. The first kappa shape index (κ1) is 15.5. The molecule has 0 aliphatic rings. The number of carboxylic acid groups (broad SMARTS) is 1. The lowest BCUT2D eigenvalue weighted by Gasteiger charge is -2.18. The summed E-state index contributed by atoms with van der Waals surface area (Å²) in [5.41, 5.74) is 1.03. The predicted octanol–water partition coefficient (Wildman–Crippen LogP) is 2.46. The van der Waals surface area contributed by atoms with Crippen molar-refractivity contribution < 1.29 is 14.7 Å². The molecule has 6 heteroatoms. The van der Waals surface area contributed by atoms with Gasteiger partial charge in [-0.25, -0.2) is 4.79 Å². The standard InChI is InChI=1S/C13H17BrN2O3/c1-16(9-10-4-2-5-11(14)8-10)13(19)15-7-3-6-12(17)18/h2,4-5,8H,3,6-7,9H2,1H3,(H,15,19)(H,17,18). The number of carbonyl (C=O) groups is 2. The number of nitrogens with one attached hydrogen (secondary N) is 1. The van der Waals surface area contributed by atoms with Crippen LogP contribution in [0.1, 0.15) is 18.4 Å². The molecule has 0 saturated carbocycles. The third-order valence-corrected chi connectivity index (χ3v) is 2.99. The van der Waals surface area contributed by atoms with Crippen molar-refractivity contribution in [3.8, 4) is 0 Å². The van der Waals surface area contributed by atoms with Crippen molar-refractivity contribution in [3.63, 3.8) is 0 Å². The molecule has 1 rings (SSSR count). The van der Waals surface area contributed by atoms with E-state index in [2.05, 4.69) is 21.2 Å². The number of carboxylic acids is 1. The van der Waals surface area contributed by atoms with Gasteiger partial charge in [0.15, 0.2) is 0 Å². The lowest BCUT2D eigenvalue weighted by molar-refractivity contribution is -0.137. The Labute approximate surface area is 120 Å². The summed E-state index contributed by atoms with van der Waals surface area (Å²) in [5.74, 6) is -0.850. The highest BCUT2D eigenvalue weighted by molar-refractivity contribution is 9.10. The van der Waals surface area contributed by atoms with E-state index >= 15 is 0 Å². The van der Waals surface area contributed by atoms with Crippen molar-refractivity contribution in [1.82, 2.24) is 10.2 Å². The predicted molar refractivity (Wildman–Crippen MR) is 75.9 cm³/mol. The molecule has 104 valence electrons.